The molecule has 0 aromatic heterocycles. The molecular formula is C13H10ClF2NO2S. The lowest BCUT2D eigenvalue weighted by molar-refractivity contribution is 0.590. The first-order valence-electron chi connectivity index (χ1n) is 5.51. The van der Waals surface area contributed by atoms with E-state index in [0.717, 1.165) is 18.2 Å². The summed E-state index contributed by atoms with van der Waals surface area (Å²) in [6.45, 7) is 0. The number of benzene rings is 2. The Morgan fingerprint density at radius 1 is 1.10 bits per heavy atom. The third kappa shape index (κ3) is 3.08. The van der Waals surface area contributed by atoms with Crippen molar-refractivity contribution in [1.29, 1.82) is 0 Å². The van der Waals surface area contributed by atoms with Crippen molar-refractivity contribution >= 4 is 27.1 Å². The SMILES string of the molecule is Nc1ccc(F)cc1S(=O)(=O)Cc1ccc(Cl)c(F)c1. The molecule has 0 heterocycles. The highest BCUT2D eigenvalue weighted by Gasteiger charge is 2.19. The molecule has 0 saturated heterocycles. The summed E-state index contributed by atoms with van der Waals surface area (Å²) in [4.78, 5) is -0.312. The maximum Gasteiger partial charge on any atom is 0.184 e. The summed E-state index contributed by atoms with van der Waals surface area (Å²) < 4.78 is 50.8. The van der Waals surface area contributed by atoms with E-state index in [0.29, 0.717) is 0 Å². The molecule has 0 atom stereocenters. The van der Waals surface area contributed by atoms with Crippen molar-refractivity contribution in [2.24, 2.45) is 0 Å². The average molecular weight is 318 g/mol. The first-order valence-corrected chi connectivity index (χ1v) is 7.54. The van der Waals surface area contributed by atoms with Crippen LogP contribution in [-0.2, 0) is 15.6 Å². The molecule has 2 aromatic rings. The third-order valence-corrected chi connectivity index (χ3v) is 4.69. The molecule has 20 heavy (non-hydrogen) atoms. The lowest BCUT2D eigenvalue weighted by atomic mass is 10.2. The predicted molar refractivity (Wildman–Crippen MR) is 73.1 cm³/mol. The molecule has 0 aliphatic heterocycles. The zero-order valence-electron chi connectivity index (χ0n) is 10.1. The van der Waals surface area contributed by atoms with Crippen LogP contribution in [0.4, 0.5) is 14.5 Å². The lowest BCUT2D eigenvalue weighted by Crippen LogP contribution is -2.08. The normalized spacial score (nSPS) is 11.6. The van der Waals surface area contributed by atoms with Gasteiger partial charge in [-0.05, 0) is 35.9 Å². The van der Waals surface area contributed by atoms with E-state index in [1.165, 1.54) is 18.2 Å². The number of hydrogen-bond donors (Lipinski definition) is 1. The fraction of sp³-hybridized carbons (Fsp3) is 0.0769. The maximum atomic E-state index is 13.3. The van der Waals surface area contributed by atoms with Gasteiger partial charge in [0, 0.05) is 0 Å². The summed E-state index contributed by atoms with van der Waals surface area (Å²) in [5.41, 5.74) is 5.69. The number of sulfone groups is 1. The Bertz CT molecular complexity index is 763. The van der Waals surface area contributed by atoms with E-state index in [-0.39, 0.29) is 21.2 Å². The van der Waals surface area contributed by atoms with Crippen LogP contribution in [0.15, 0.2) is 41.3 Å². The minimum Gasteiger partial charge on any atom is -0.398 e. The van der Waals surface area contributed by atoms with E-state index >= 15 is 0 Å². The van der Waals surface area contributed by atoms with Crippen LogP contribution in [0.2, 0.25) is 5.02 Å². The Kier molecular flexibility index (Phi) is 3.96. The second kappa shape index (κ2) is 5.38. The molecule has 0 spiro atoms. The van der Waals surface area contributed by atoms with E-state index in [1.807, 2.05) is 0 Å². The Balaban J connectivity index is 2.40. The van der Waals surface area contributed by atoms with Crippen molar-refractivity contribution in [3.05, 3.63) is 58.6 Å². The summed E-state index contributed by atoms with van der Waals surface area (Å²) in [7, 11) is -3.87. The van der Waals surface area contributed by atoms with Crippen LogP contribution >= 0.6 is 11.6 Å². The highest BCUT2D eigenvalue weighted by molar-refractivity contribution is 7.90. The average Bonchev–Trinajstić information content (AvgIpc) is 2.36. The fourth-order valence-corrected chi connectivity index (χ4v) is 3.31. The highest BCUT2D eigenvalue weighted by atomic mass is 35.5. The maximum absolute atomic E-state index is 13.3. The predicted octanol–water partition coefficient (Wildman–Crippen LogP) is 3.17. The van der Waals surface area contributed by atoms with E-state index in [9.17, 15) is 17.2 Å². The van der Waals surface area contributed by atoms with Crippen LogP contribution in [-0.4, -0.2) is 8.42 Å². The zero-order chi connectivity index (χ0) is 14.9. The van der Waals surface area contributed by atoms with Crippen molar-refractivity contribution in [3.63, 3.8) is 0 Å². The second-order valence-corrected chi connectivity index (χ2v) is 6.55. The van der Waals surface area contributed by atoms with Crippen LogP contribution in [0.5, 0.6) is 0 Å². The Labute approximate surface area is 119 Å². The number of hydrogen-bond acceptors (Lipinski definition) is 3. The molecule has 0 unspecified atom stereocenters. The lowest BCUT2D eigenvalue weighted by Gasteiger charge is -2.08. The number of anilines is 1. The van der Waals surface area contributed by atoms with Gasteiger partial charge in [-0.1, -0.05) is 17.7 Å². The van der Waals surface area contributed by atoms with Crippen LogP contribution in [0.3, 0.4) is 0 Å². The number of halogens is 3. The van der Waals surface area contributed by atoms with Gasteiger partial charge in [-0.15, -0.1) is 0 Å². The summed E-state index contributed by atoms with van der Waals surface area (Å²) in [6.07, 6.45) is 0. The zero-order valence-corrected chi connectivity index (χ0v) is 11.7. The molecule has 0 radical (unpaired) electrons. The molecular weight excluding hydrogens is 308 g/mol. The van der Waals surface area contributed by atoms with E-state index in [2.05, 4.69) is 0 Å². The van der Waals surface area contributed by atoms with Crippen molar-refractivity contribution in [3.8, 4) is 0 Å². The number of nitrogens with two attached hydrogens (primary N) is 1. The van der Waals surface area contributed by atoms with E-state index in [1.54, 1.807) is 0 Å². The van der Waals surface area contributed by atoms with Gasteiger partial charge in [0.15, 0.2) is 9.84 Å². The first-order chi connectivity index (χ1) is 9.29. The first kappa shape index (κ1) is 14.7. The van der Waals surface area contributed by atoms with Gasteiger partial charge in [-0.2, -0.15) is 0 Å². The van der Waals surface area contributed by atoms with E-state index < -0.39 is 27.2 Å². The van der Waals surface area contributed by atoms with Gasteiger partial charge >= 0.3 is 0 Å². The minimum absolute atomic E-state index is 0.0548. The highest BCUT2D eigenvalue weighted by Crippen LogP contribution is 2.24. The van der Waals surface area contributed by atoms with Crippen molar-refractivity contribution in [2.75, 3.05) is 5.73 Å². The topological polar surface area (TPSA) is 60.2 Å². The van der Waals surface area contributed by atoms with Crippen LogP contribution < -0.4 is 5.73 Å². The van der Waals surface area contributed by atoms with E-state index in [4.69, 9.17) is 17.3 Å². The van der Waals surface area contributed by atoms with Crippen LogP contribution in [0, 0.1) is 11.6 Å². The molecule has 0 aliphatic rings. The van der Waals surface area contributed by atoms with Crippen LogP contribution in [0.1, 0.15) is 5.56 Å². The standard InChI is InChI=1S/C13H10ClF2NO2S/c14-10-3-1-8(5-11(10)16)7-20(18,19)13-6-9(15)2-4-12(13)17/h1-6H,7,17H2. The quantitative estimate of drug-likeness (QED) is 0.884. The Morgan fingerprint density at radius 2 is 1.80 bits per heavy atom. The largest absolute Gasteiger partial charge is 0.398 e. The second-order valence-electron chi connectivity index (χ2n) is 4.19. The van der Waals surface area contributed by atoms with Crippen molar-refractivity contribution < 1.29 is 17.2 Å². The summed E-state index contributed by atoms with van der Waals surface area (Å²) in [6, 6.07) is 6.75. The third-order valence-electron chi connectivity index (χ3n) is 2.65. The van der Waals surface area contributed by atoms with Crippen molar-refractivity contribution in [2.45, 2.75) is 10.6 Å². The Hall–Kier alpha value is -1.66. The van der Waals surface area contributed by atoms with Gasteiger partial charge in [0.05, 0.1) is 21.4 Å². The Morgan fingerprint density at radius 3 is 2.45 bits per heavy atom. The molecule has 0 saturated carbocycles. The molecule has 7 heteroatoms. The molecule has 2 aromatic carbocycles. The minimum atomic E-state index is -3.87. The summed E-state index contributed by atoms with van der Waals surface area (Å²) >= 11 is 5.52. The molecule has 0 fully saturated rings. The van der Waals surface area contributed by atoms with Gasteiger partial charge in [0.2, 0.25) is 0 Å². The van der Waals surface area contributed by atoms with Gasteiger partial charge in [-0.3, -0.25) is 0 Å². The fourth-order valence-electron chi connectivity index (χ4n) is 1.70. The number of rotatable bonds is 3. The molecule has 2 rings (SSSR count). The molecule has 2 N–H and O–H groups in total. The molecule has 3 nitrogen and oxygen atoms in total. The van der Waals surface area contributed by atoms with Crippen molar-refractivity contribution in [1.82, 2.24) is 0 Å². The van der Waals surface area contributed by atoms with Gasteiger partial charge in [0.1, 0.15) is 11.6 Å². The van der Waals surface area contributed by atoms with Gasteiger partial charge < -0.3 is 5.73 Å². The summed E-state index contributed by atoms with van der Waals surface area (Å²) in [5, 5.41) is -0.101. The van der Waals surface area contributed by atoms with Gasteiger partial charge in [0.25, 0.3) is 0 Å². The molecule has 0 amide bonds. The molecule has 0 aliphatic carbocycles. The monoisotopic (exact) mass is 317 g/mol. The van der Waals surface area contributed by atoms with Crippen LogP contribution in [0.25, 0.3) is 0 Å². The number of nitrogen functional groups attached to an aromatic ring is 1. The summed E-state index contributed by atoms with van der Waals surface area (Å²) in [5.74, 6) is -1.92. The molecule has 0 bridgehead atoms. The smallest absolute Gasteiger partial charge is 0.184 e. The van der Waals surface area contributed by atoms with Gasteiger partial charge in [-0.25, -0.2) is 17.2 Å². The molecule has 106 valence electrons.